The van der Waals surface area contributed by atoms with Gasteiger partial charge < -0.3 is 14.5 Å². The molecule has 2 aliphatic heterocycles. The highest BCUT2D eigenvalue weighted by Gasteiger charge is 2.52. The fraction of sp³-hybridized carbons (Fsp3) is 0.455. The van der Waals surface area contributed by atoms with Crippen molar-refractivity contribution in [2.75, 3.05) is 33.4 Å². The van der Waals surface area contributed by atoms with Crippen molar-refractivity contribution in [3.8, 4) is 0 Å². The Labute approximate surface area is 169 Å². The fourth-order valence-corrected chi connectivity index (χ4v) is 5.32. The number of piperidine rings is 1. The molecule has 5 nitrogen and oxygen atoms in total. The van der Waals surface area contributed by atoms with Crippen LogP contribution in [-0.2, 0) is 9.53 Å². The lowest BCUT2D eigenvalue weighted by molar-refractivity contribution is -0.134. The van der Waals surface area contributed by atoms with E-state index in [9.17, 15) is 9.59 Å². The number of amides is 2. The SMILES string of the molecule is COCCN1C(=O)[C@@H](c2ccccc2)CC12CCN(C(=O)c1cccs1)CC2. The van der Waals surface area contributed by atoms with Crippen LogP contribution < -0.4 is 0 Å². The molecule has 0 saturated carbocycles. The number of rotatable bonds is 5. The van der Waals surface area contributed by atoms with E-state index >= 15 is 0 Å². The molecule has 2 amide bonds. The normalized spacial score (nSPS) is 21.5. The van der Waals surface area contributed by atoms with Crippen LogP contribution in [0.2, 0.25) is 0 Å². The molecule has 0 radical (unpaired) electrons. The molecular weight excluding hydrogens is 372 g/mol. The van der Waals surface area contributed by atoms with Gasteiger partial charge in [-0.25, -0.2) is 0 Å². The highest BCUT2D eigenvalue weighted by atomic mass is 32.1. The number of ether oxygens (including phenoxy) is 1. The first-order valence-corrected chi connectivity index (χ1v) is 10.7. The summed E-state index contributed by atoms with van der Waals surface area (Å²) in [6, 6.07) is 13.9. The number of hydrogen-bond acceptors (Lipinski definition) is 4. The zero-order valence-corrected chi connectivity index (χ0v) is 17.0. The summed E-state index contributed by atoms with van der Waals surface area (Å²) < 4.78 is 5.28. The second-order valence-electron chi connectivity index (χ2n) is 7.64. The van der Waals surface area contributed by atoms with Crippen molar-refractivity contribution in [1.82, 2.24) is 9.80 Å². The van der Waals surface area contributed by atoms with Crippen LogP contribution in [0.4, 0.5) is 0 Å². The zero-order chi connectivity index (χ0) is 19.6. The van der Waals surface area contributed by atoms with E-state index in [0.717, 1.165) is 29.7 Å². The first-order chi connectivity index (χ1) is 13.6. The molecule has 1 aromatic carbocycles. The van der Waals surface area contributed by atoms with Crippen molar-refractivity contribution in [1.29, 1.82) is 0 Å². The number of benzene rings is 1. The van der Waals surface area contributed by atoms with Crippen molar-refractivity contribution in [3.05, 3.63) is 58.3 Å². The molecule has 0 aliphatic carbocycles. The molecule has 1 spiro atoms. The summed E-state index contributed by atoms with van der Waals surface area (Å²) in [6.45, 7) is 2.52. The molecule has 6 heteroatoms. The van der Waals surface area contributed by atoms with E-state index in [1.165, 1.54) is 11.3 Å². The minimum Gasteiger partial charge on any atom is -0.383 e. The molecule has 28 heavy (non-hydrogen) atoms. The third-order valence-electron chi connectivity index (χ3n) is 6.16. The van der Waals surface area contributed by atoms with Gasteiger partial charge in [0.2, 0.25) is 5.91 Å². The number of nitrogens with zero attached hydrogens (tertiary/aromatic N) is 2. The summed E-state index contributed by atoms with van der Waals surface area (Å²) in [5.41, 5.74) is 0.909. The number of hydrogen-bond donors (Lipinski definition) is 0. The van der Waals surface area contributed by atoms with Gasteiger partial charge in [-0.15, -0.1) is 11.3 Å². The fourth-order valence-electron chi connectivity index (χ4n) is 4.63. The second kappa shape index (κ2) is 8.05. The molecule has 2 saturated heterocycles. The van der Waals surface area contributed by atoms with Gasteiger partial charge in [-0.3, -0.25) is 9.59 Å². The molecular formula is C22H26N2O3S. The minimum absolute atomic E-state index is 0.0994. The lowest BCUT2D eigenvalue weighted by Crippen LogP contribution is -2.54. The Morgan fingerprint density at radius 3 is 2.57 bits per heavy atom. The summed E-state index contributed by atoms with van der Waals surface area (Å²) in [5, 5.41) is 1.94. The molecule has 1 aromatic heterocycles. The van der Waals surface area contributed by atoms with Crippen molar-refractivity contribution in [2.45, 2.75) is 30.7 Å². The van der Waals surface area contributed by atoms with Crippen molar-refractivity contribution in [3.63, 3.8) is 0 Å². The predicted octanol–water partition coefficient (Wildman–Crippen LogP) is 3.39. The number of carbonyl (C=O) groups is 2. The molecule has 2 aromatic rings. The van der Waals surface area contributed by atoms with Crippen LogP contribution in [0.3, 0.4) is 0 Å². The van der Waals surface area contributed by atoms with Gasteiger partial charge in [-0.2, -0.15) is 0 Å². The average molecular weight is 399 g/mol. The van der Waals surface area contributed by atoms with E-state index in [0.29, 0.717) is 26.2 Å². The Balaban J connectivity index is 1.53. The van der Waals surface area contributed by atoms with Crippen LogP contribution >= 0.6 is 11.3 Å². The van der Waals surface area contributed by atoms with E-state index in [2.05, 4.69) is 0 Å². The van der Waals surface area contributed by atoms with Crippen LogP contribution in [0.25, 0.3) is 0 Å². The van der Waals surface area contributed by atoms with Gasteiger partial charge in [0.1, 0.15) is 0 Å². The van der Waals surface area contributed by atoms with Gasteiger partial charge in [0.05, 0.1) is 17.4 Å². The van der Waals surface area contributed by atoms with Crippen LogP contribution in [0.1, 0.15) is 40.4 Å². The van der Waals surface area contributed by atoms with Gasteiger partial charge >= 0.3 is 0 Å². The highest BCUT2D eigenvalue weighted by Crippen LogP contribution is 2.45. The van der Waals surface area contributed by atoms with Crippen LogP contribution in [0.15, 0.2) is 47.8 Å². The Kier molecular flexibility index (Phi) is 5.51. The van der Waals surface area contributed by atoms with Crippen LogP contribution in [0, 0.1) is 0 Å². The molecule has 0 N–H and O–H groups in total. The lowest BCUT2D eigenvalue weighted by Gasteiger charge is -2.44. The maximum atomic E-state index is 13.3. The molecule has 0 unspecified atom stereocenters. The third-order valence-corrected chi connectivity index (χ3v) is 7.01. The average Bonchev–Trinajstić information content (AvgIpc) is 3.35. The van der Waals surface area contributed by atoms with Crippen molar-refractivity contribution < 1.29 is 14.3 Å². The number of methoxy groups -OCH3 is 1. The number of thiophene rings is 1. The van der Waals surface area contributed by atoms with E-state index in [-0.39, 0.29) is 23.3 Å². The minimum atomic E-state index is -0.178. The Morgan fingerprint density at radius 2 is 1.93 bits per heavy atom. The largest absolute Gasteiger partial charge is 0.383 e. The maximum absolute atomic E-state index is 13.3. The first kappa shape index (κ1) is 19.2. The monoisotopic (exact) mass is 398 g/mol. The first-order valence-electron chi connectivity index (χ1n) is 9.83. The molecule has 3 heterocycles. The molecule has 0 bridgehead atoms. The third kappa shape index (κ3) is 3.47. The number of likely N-dealkylation sites (tertiary alicyclic amines) is 2. The van der Waals surface area contributed by atoms with Gasteiger partial charge in [-0.1, -0.05) is 36.4 Å². The molecule has 4 rings (SSSR count). The summed E-state index contributed by atoms with van der Waals surface area (Å²) in [7, 11) is 1.67. The topological polar surface area (TPSA) is 49.9 Å². The Bertz CT molecular complexity index is 814. The van der Waals surface area contributed by atoms with Crippen LogP contribution in [0.5, 0.6) is 0 Å². The molecule has 2 fully saturated rings. The van der Waals surface area contributed by atoms with Gasteiger partial charge in [0.15, 0.2) is 0 Å². The summed E-state index contributed by atoms with van der Waals surface area (Å²) in [4.78, 5) is 30.8. The molecule has 2 aliphatic rings. The zero-order valence-electron chi connectivity index (χ0n) is 16.2. The Morgan fingerprint density at radius 1 is 1.18 bits per heavy atom. The standard InChI is InChI=1S/C22H26N2O3S/c1-27-14-13-24-20(25)18(17-6-3-2-4-7-17)16-22(24)9-11-23(12-10-22)21(26)19-8-5-15-28-19/h2-8,15,18H,9-14,16H2,1H3/t18-/m1/s1. The van der Waals surface area contributed by atoms with E-state index in [4.69, 9.17) is 4.74 Å². The van der Waals surface area contributed by atoms with E-state index in [1.54, 1.807) is 7.11 Å². The summed E-state index contributed by atoms with van der Waals surface area (Å²) in [5.74, 6) is 0.205. The quantitative estimate of drug-likeness (QED) is 0.776. The van der Waals surface area contributed by atoms with Crippen LogP contribution in [-0.4, -0.2) is 60.5 Å². The highest BCUT2D eigenvalue weighted by molar-refractivity contribution is 7.12. The Hall–Kier alpha value is -2.18. The van der Waals surface area contributed by atoms with Crippen molar-refractivity contribution >= 4 is 23.2 Å². The smallest absolute Gasteiger partial charge is 0.263 e. The van der Waals surface area contributed by atoms with E-state index in [1.807, 2.05) is 57.6 Å². The number of carbonyl (C=O) groups excluding carboxylic acids is 2. The van der Waals surface area contributed by atoms with E-state index < -0.39 is 0 Å². The van der Waals surface area contributed by atoms with Gasteiger partial charge in [-0.05, 0) is 36.3 Å². The molecule has 148 valence electrons. The summed E-state index contributed by atoms with van der Waals surface area (Å²) in [6.07, 6.45) is 2.46. The van der Waals surface area contributed by atoms with Gasteiger partial charge in [0.25, 0.3) is 5.91 Å². The molecule has 1 atom stereocenters. The summed E-state index contributed by atoms with van der Waals surface area (Å²) >= 11 is 1.49. The lowest BCUT2D eigenvalue weighted by atomic mass is 9.81. The van der Waals surface area contributed by atoms with Gasteiger partial charge in [0, 0.05) is 32.3 Å². The van der Waals surface area contributed by atoms with Crippen molar-refractivity contribution in [2.24, 2.45) is 0 Å². The second-order valence-corrected chi connectivity index (χ2v) is 8.59. The maximum Gasteiger partial charge on any atom is 0.263 e. The predicted molar refractivity (Wildman–Crippen MR) is 110 cm³/mol.